The molecule has 1 unspecified atom stereocenters. The molecular formula is C29H35N7O4S. The summed E-state index contributed by atoms with van der Waals surface area (Å²) in [6.45, 7) is 3.14. The van der Waals surface area contributed by atoms with Crippen LogP contribution in [0.2, 0.25) is 0 Å². The lowest BCUT2D eigenvalue weighted by Crippen LogP contribution is -2.24. The number of ether oxygens (including phenoxy) is 2. The van der Waals surface area contributed by atoms with Gasteiger partial charge in [0.05, 0.1) is 25.5 Å². The lowest BCUT2D eigenvalue weighted by Gasteiger charge is -2.26. The molecule has 11 nitrogen and oxygen atoms in total. The Hall–Kier alpha value is -3.77. The van der Waals surface area contributed by atoms with E-state index in [1.165, 1.54) is 0 Å². The minimum atomic E-state index is -3.73. The Morgan fingerprint density at radius 2 is 1.90 bits per heavy atom. The lowest BCUT2D eigenvalue weighted by molar-refractivity contribution is -0.0405. The zero-order chi connectivity index (χ0) is 28.7. The van der Waals surface area contributed by atoms with E-state index in [-0.39, 0.29) is 17.3 Å². The molecule has 0 spiro atoms. The maximum Gasteiger partial charge on any atom is 0.249 e. The topological polar surface area (TPSA) is 117 Å². The zero-order valence-electron chi connectivity index (χ0n) is 23.8. The van der Waals surface area contributed by atoms with Crippen LogP contribution < -0.4 is 9.64 Å². The second kappa shape index (κ2) is 10.9. The molecule has 41 heavy (non-hydrogen) atoms. The smallest absolute Gasteiger partial charge is 0.249 e. The first-order valence-corrected chi connectivity index (χ1v) is 15.8. The average molecular weight is 578 g/mol. The van der Waals surface area contributed by atoms with Gasteiger partial charge in [-0.3, -0.25) is 4.68 Å². The quantitative estimate of drug-likeness (QED) is 0.261. The minimum Gasteiger partial charge on any atom is -0.497 e. The normalized spacial score (nSPS) is 17.5. The fourth-order valence-corrected chi connectivity index (χ4v) is 5.82. The zero-order valence-corrected chi connectivity index (χ0v) is 24.6. The van der Waals surface area contributed by atoms with E-state index in [0.717, 1.165) is 66.5 Å². The molecule has 0 N–H and O–H groups in total. The molecule has 0 radical (unpaired) electrons. The van der Waals surface area contributed by atoms with Gasteiger partial charge in [-0.25, -0.2) is 23.1 Å². The van der Waals surface area contributed by atoms with Crippen molar-refractivity contribution in [3.8, 4) is 17.0 Å². The molecule has 2 fully saturated rings. The van der Waals surface area contributed by atoms with Crippen LogP contribution in [0.1, 0.15) is 61.1 Å². The third kappa shape index (κ3) is 5.71. The summed E-state index contributed by atoms with van der Waals surface area (Å²) in [7, 11) is -0.257. The van der Waals surface area contributed by atoms with Crippen LogP contribution in [0.15, 0.2) is 47.9 Å². The van der Waals surface area contributed by atoms with Crippen molar-refractivity contribution in [1.82, 2.24) is 29.5 Å². The van der Waals surface area contributed by atoms with Crippen LogP contribution in [0.25, 0.3) is 11.3 Å². The first kappa shape index (κ1) is 27.4. The summed E-state index contributed by atoms with van der Waals surface area (Å²) in [6, 6.07) is 9.84. The molecular weight excluding hydrogens is 542 g/mol. The molecule has 4 heterocycles. The van der Waals surface area contributed by atoms with Crippen molar-refractivity contribution in [2.45, 2.75) is 62.9 Å². The molecule has 3 aromatic heterocycles. The van der Waals surface area contributed by atoms with E-state index in [0.29, 0.717) is 30.5 Å². The fraction of sp³-hybridized carbons (Fsp3) is 0.448. The number of anilines is 2. The summed E-state index contributed by atoms with van der Waals surface area (Å²) >= 11 is 0. The molecule has 1 atom stereocenters. The number of methoxy groups -OCH3 is 1. The molecule has 0 amide bonds. The van der Waals surface area contributed by atoms with E-state index in [1.54, 1.807) is 18.0 Å². The van der Waals surface area contributed by atoms with Gasteiger partial charge in [-0.05, 0) is 62.6 Å². The predicted molar refractivity (Wildman–Crippen MR) is 154 cm³/mol. The van der Waals surface area contributed by atoms with Gasteiger partial charge in [0.2, 0.25) is 15.0 Å². The number of rotatable bonds is 9. The molecule has 1 aliphatic carbocycles. The van der Waals surface area contributed by atoms with Crippen LogP contribution in [0.4, 0.5) is 11.6 Å². The summed E-state index contributed by atoms with van der Waals surface area (Å²) < 4.78 is 40.9. The number of benzene rings is 1. The van der Waals surface area contributed by atoms with Gasteiger partial charge in [-0.2, -0.15) is 10.2 Å². The standard InChI is InChI=1S/C29H35N7O4S/c1-19-15-24(33-36(19)25-7-5-6-14-40-25)35(17-20-8-12-23(39-3)13-9-20)28-26(21-10-11-21)27(22-16-30-34(2)18-22)31-29(32-28)41(4,37)38/h8-9,12-13,15-16,18,21,25H,5-7,10-11,14,17H2,1-4H3. The monoisotopic (exact) mass is 577 g/mol. The van der Waals surface area contributed by atoms with Crippen molar-refractivity contribution >= 4 is 21.5 Å². The lowest BCUT2D eigenvalue weighted by atomic mass is 10.0. The maximum atomic E-state index is 12.9. The summed E-state index contributed by atoms with van der Waals surface area (Å²) in [4.78, 5) is 11.4. The molecule has 2 aliphatic rings. The van der Waals surface area contributed by atoms with E-state index in [2.05, 4.69) is 10.1 Å². The molecule has 216 valence electrons. The first-order chi connectivity index (χ1) is 19.7. The van der Waals surface area contributed by atoms with Gasteiger partial charge in [0.15, 0.2) is 12.0 Å². The van der Waals surface area contributed by atoms with Crippen LogP contribution >= 0.6 is 0 Å². The summed E-state index contributed by atoms with van der Waals surface area (Å²) in [5, 5.41) is 9.15. The first-order valence-electron chi connectivity index (χ1n) is 13.9. The highest BCUT2D eigenvalue weighted by molar-refractivity contribution is 7.90. The van der Waals surface area contributed by atoms with Crippen molar-refractivity contribution in [3.05, 3.63) is 59.5 Å². The molecule has 1 aliphatic heterocycles. The maximum absolute atomic E-state index is 12.9. The van der Waals surface area contributed by atoms with Crippen molar-refractivity contribution in [3.63, 3.8) is 0 Å². The van der Waals surface area contributed by atoms with E-state index < -0.39 is 9.84 Å². The minimum absolute atomic E-state index is 0.133. The highest BCUT2D eigenvalue weighted by Crippen LogP contribution is 2.49. The van der Waals surface area contributed by atoms with Crippen molar-refractivity contribution in [1.29, 1.82) is 0 Å². The fourth-order valence-electron chi connectivity index (χ4n) is 5.31. The summed E-state index contributed by atoms with van der Waals surface area (Å²) in [6.07, 6.45) is 9.56. The Balaban J connectivity index is 1.55. The summed E-state index contributed by atoms with van der Waals surface area (Å²) in [5.41, 5.74) is 4.22. The third-order valence-corrected chi connectivity index (χ3v) is 8.42. The van der Waals surface area contributed by atoms with Crippen LogP contribution in [0.3, 0.4) is 0 Å². The Bertz CT molecular complexity index is 1650. The van der Waals surface area contributed by atoms with Gasteiger partial charge in [0.25, 0.3) is 0 Å². The number of aryl methyl sites for hydroxylation is 2. The highest BCUT2D eigenvalue weighted by atomic mass is 32.2. The van der Waals surface area contributed by atoms with E-state index in [9.17, 15) is 8.42 Å². The van der Waals surface area contributed by atoms with Gasteiger partial charge in [0, 0.05) is 49.0 Å². The summed E-state index contributed by atoms with van der Waals surface area (Å²) in [5.74, 6) is 2.18. The number of hydrogen-bond acceptors (Lipinski definition) is 9. The average Bonchev–Trinajstić information content (AvgIpc) is 3.60. The van der Waals surface area contributed by atoms with Gasteiger partial charge < -0.3 is 14.4 Å². The van der Waals surface area contributed by atoms with Crippen LogP contribution in [0, 0.1) is 6.92 Å². The van der Waals surface area contributed by atoms with Crippen molar-refractivity contribution in [2.24, 2.45) is 7.05 Å². The highest BCUT2D eigenvalue weighted by Gasteiger charge is 2.36. The van der Waals surface area contributed by atoms with E-state index in [4.69, 9.17) is 19.6 Å². The van der Waals surface area contributed by atoms with Gasteiger partial charge in [-0.15, -0.1) is 0 Å². The van der Waals surface area contributed by atoms with Gasteiger partial charge >= 0.3 is 0 Å². The van der Waals surface area contributed by atoms with Crippen LogP contribution in [0.5, 0.6) is 5.75 Å². The van der Waals surface area contributed by atoms with Gasteiger partial charge in [0.1, 0.15) is 11.6 Å². The SMILES string of the molecule is COc1ccc(CN(c2cc(C)n(C3CCCCO3)n2)c2nc(S(C)(=O)=O)nc(-c3cnn(C)c3)c2C2CC2)cc1. The number of aromatic nitrogens is 6. The van der Waals surface area contributed by atoms with Crippen LogP contribution in [-0.4, -0.2) is 57.9 Å². The Morgan fingerprint density at radius 3 is 2.51 bits per heavy atom. The van der Waals surface area contributed by atoms with Crippen LogP contribution in [-0.2, 0) is 28.2 Å². The predicted octanol–water partition coefficient (Wildman–Crippen LogP) is 4.71. The number of hydrogen-bond donors (Lipinski definition) is 0. The molecule has 1 aromatic carbocycles. The van der Waals surface area contributed by atoms with Gasteiger partial charge in [-0.1, -0.05) is 12.1 Å². The van der Waals surface area contributed by atoms with Crippen molar-refractivity contribution < 1.29 is 17.9 Å². The second-order valence-electron chi connectivity index (χ2n) is 10.9. The van der Waals surface area contributed by atoms with E-state index >= 15 is 0 Å². The Labute approximate surface area is 240 Å². The molecule has 1 saturated carbocycles. The molecule has 0 bridgehead atoms. The number of nitrogens with zero attached hydrogens (tertiary/aromatic N) is 7. The van der Waals surface area contributed by atoms with E-state index in [1.807, 2.05) is 60.1 Å². The Kier molecular flexibility index (Phi) is 7.28. The molecule has 1 saturated heterocycles. The molecule has 6 rings (SSSR count). The second-order valence-corrected chi connectivity index (χ2v) is 12.8. The number of sulfone groups is 1. The van der Waals surface area contributed by atoms with Crippen molar-refractivity contribution in [2.75, 3.05) is 24.9 Å². The molecule has 12 heteroatoms. The third-order valence-electron chi connectivity index (χ3n) is 7.57. The molecule has 4 aromatic rings. The largest absolute Gasteiger partial charge is 0.497 e. The Morgan fingerprint density at radius 1 is 1.12 bits per heavy atom.